The number of ether oxygens (including phenoxy) is 1. The van der Waals surface area contributed by atoms with Crippen molar-refractivity contribution in [1.82, 2.24) is 0 Å². The molecule has 1 atom stereocenters. The van der Waals surface area contributed by atoms with Gasteiger partial charge in [-0.1, -0.05) is 23.7 Å². The predicted octanol–water partition coefficient (Wildman–Crippen LogP) is 2.92. The summed E-state index contributed by atoms with van der Waals surface area (Å²) in [5.74, 6) is -1.22. The maximum atomic E-state index is 12.7. The van der Waals surface area contributed by atoms with Crippen molar-refractivity contribution in [2.75, 3.05) is 23.0 Å². The van der Waals surface area contributed by atoms with Crippen molar-refractivity contribution in [3.8, 4) is 0 Å². The van der Waals surface area contributed by atoms with Gasteiger partial charge in [0.05, 0.1) is 30.3 Å². The maximum Gasteiger partial charge on any atom is 0.339 e. The van der Waals surface area contributed by atoms with Crippen LogP contribution in [0.2, 0.25) is 5.02 Å². The average Bonchev–Trinajstić information content (AvgIpc) is 2.62. The number of hydrogen-bond donors (Lipinski definition) is 1. The second-order valence-electron chi connectivity index (χ2n) is 5.74. The molecule has 2 aromatic rings. The fourth-order valence-corrected chi connectivity index (χ4v) is 3.81. The van der Waals surface area contributed by atoms with Gasteiger partial charge in [0.1, 0.15) is 6.04 Å². The lowest BCUT2D eigenvalue weighted by Crippen LogP contribution is -2.45. The van der Waals surface area contributed by atoms with Crippen LogP contribution in [0.4, 0.5) is 11.4 Å². The molecule has 0 saturated carbocycles. The molecule has 0 aromatic heterocycles. The minimum absolute atomic E-state index is 0.165. The Balaban J connectivity index is 2.34. The van der Waals surface area contributed by atoms with Gasteiger partial charge >= 0.3 is 5.97 Å². The summed E-state index contributed by atoms with van der Waals surface area (Å²) in [5.41, 5.74) is 0.689. The summed E-state index contributed by atoms with van der Waals surface area (Å²) in [4.78, 5) is 24.5. The molecular formula is C18H19ClN2O5S. The van der Waals surface area contributed by atoms with Crippen LogP contribution in [0.3, 0.4) is 0 Å². The molecule has 1 unspecified atom stereocenters. The summed E-state index contributed by atoms with van der Waals surface area (Å²) in [7, 11) is -2.53. The number of carbonyl (C=O) groups excluding carboxylic acids is 2. The Morgan fingerprint density at radius 2 is 1.70 bits per heavy atom. The third kappa shape index (κ3) is 4.99. The first-order valence-corrected chi connectivity index (χ1v) is 10.1. The van der Waals surface area contributed by atoms with Gasteiger partial charge < -0.3 is 10.1 Å². The molecule has 0 aliphatic heterocycles. The van der Waals surface area contributed by atoms with Crippen molar-refractivity contribution in [2.24, 2.45) is 0 Å². The number of rotatable bonds is 6. The third-order valence-electron chi connectivity index (χ3n) is 3.76. The van der Waals surface area contributed by atoms with Gasteiger partial charge in [-0.2, -0.15) is 0 Å². The van der Waals surface area contributed by atoms with E-state index in [1.54, 1.807) is 12.1 Å². The van der Waals surface area contributed by atoms with E-state index >= 15 is 0 Å². The molecule has 0 aliphatic carbocycles. The first-order valence-electron chi connectivity index (χ1n) is 7.88. The van der Waals surface area contributed by atoms with Gasteiger partial charge in [0.25, 0.3) is 0 Å². The monoisotopic (exact) mass is 410 g/mol. The van der Waals surface area contributed by atoms with Gasteiger partial charge in [-0.15, -0.1) is 0 Å². The summed E-state index contributed by atoms with van der Waals surface area (Å²) in [5, 5.41) is 3.03. The van der Waals surface area contributed by atoms with Crippen LogP contribution in [0.5, 0.6) is 0 Å². The van der Waals surface area contributed by atoms with Crippen molar-refractivity contribution >= 4 is 44.9 Å². The number of nitrogens with zero attached hydrogens (tertiary/aromatic N) is 1. The van der Waals surface area contributed by atoms with E-state index in [1.165, 1.54) is 50.4 Å². The molecule has 7 nitrogen and oxygen atoms in total. The lowest BCUT2D eigenvalue weighted by Gasteiger charge is -2.28. The van der Waals surface area contributed by atoms with Crippen LogP contribution in [0, 0.1) is 0 Å². The van der Waals surface area contributed by atoms with Crippen LogP contribution in [0.1, 0.15) is 17.3 Å². The number of anilines is 2. The van der Waals surface area contributed by atoms with Crippen LogP contribution in [0.15, 0.2) is 48.5 Å². The molecule has 27 heavy (non-hydrogen) atoms. The summed E-state index contributed by atoms with van der Waals surface area (Å²) in [6.45, 7) is 1.45. The second kappa shape index (κ2) is 8.41. The zero-order chi connectivity index (χ0) is 20.2. The molecule has 144 valence electrons. The normalized spacial score (nSPS) is 12.1. The Morgan fingerprint density at radius 3 is 2.26 bits per heavy atom. The van der Waals surface area contributed by atoms with E-state index in [4.69, 9.17) is 16.3 Å². The van der Waals surface area contributed by atoms with Crippen LogP contribution in [-0.4, -0.2) is 39.7 Å². The molecule has 2 aromatic carbocycles. The maximum absolute atomic E-state index is 12.7. The summed E-state index contributed by atoms with van der Waals surface area (Å²) in [6, 6.07) is 11.3. The topological polar surface area (TPSA) is 92.8 Å². The molecule has 0 heterocycles. The van der Waals surface area contributed by atoms with Crippen LogP contribution in [-0.2, 0) is 19.6 Å². The Labute approximate surface area is 162 Å². The highest BCUT2D eigenvalue weighted by Crippen LogP contribution is 2.24. The number of nitrogens with one attached hydrogen (secondary N) is 1. The van der Waals surface area contributed by atoms with Crippen molar-refractivity contribution in [2.45, 2.75) is 13.0 Å². The fourth-order valence-electron chi connectivity index (χ4n) is 2.51. The van der Waals surface area contributed by atoms with Crippen molar-refractivity contribution in [3.05, 3.63) is 59.1 Å². The van der Waals surface area contributed by atoms with E-state index in [-0.39, 0.29) is 11.3 Å². The summed E-state index contributed by atoms with van der Waals surface area (Å²) in [6.07, 6.45) is 1.01. The number of methoxy groups -OCH3 is 1. The van der Waals surface area contributed by atoms with E-state index < -0.39 is 27.9 Å². The molecule has 0 fully saturated rings. The molecule has 0 aliphatic rings. The molecule has 0 saturated heterocycles. The molecular weight excluding hydrogens is 392 g/mol. The zero-order valence-electron chi connectivity index (χ0n) is 15.0. The Morgan fingerprint density at radius 1 is 1.11 bits per heavy atom. The van der Waals surface area contributed by atoms with E-state index in [1.807, 2.05) is 0 Å². The highest BCUT2D eigenvalue weighted by molar-refractivity contribution is 7.92. The lowest BCUT2D eigenvalue weighted by molar-refractivity contribution is -0.116. The quantitative estimate of drug-likeness (QED) is 0.739. The summed E-state index contributed by atoms with van der Waals surface area (Å²) >= 11 is 5.85. The second-order valence-corrected chi connectivity index (χ2v) is 8.03. The number of para-hydroxylation sites is 1. The summed E-state index contributed by atoms with van der Waals surface area (Å²) < 4.78 is 30.2. The van der Waals surface area contributed by atoms with E-state index in [0.29, 0.717) is 10.7 Å². The Bertz CT molecular complexity index is 944. The third-order valence-corrected chi connectivity index (χ3v) is 5.25. The highest BCUT2D eigenvalue weighted by atomic mass is 35.5. The van der Waals surface area contributed by atoms with Crippen molar-refractivity contribution in [3.63, 3.8) is 0 Å². The molecule has 1 N–H and O–H groups in total. The number of benzene rings is 2. The van der Waals surface area contributed by atoms with Crippen LogP contribution >= 0.6 is 11.6 Å². The van der Waals surface area contributed by atoms with Gasteiger partial charge in [-0.25, -0.2) is 13.2 Å². The van der Waals surface area contributed by atoms with E-state index in [2.05, 4.69) is 5.32 Å². The van der Waals surface area contributed by atoms with Crippen LogP contribution in [0.25, 0.3) is 0 Å². The molecule has 2 rings (SSSR count). The zero-order valence-corrected chi connectivity index (χ0v) is 16.5. The first-order chi connectivity index (χ1) is 12.6. The van der Waals surface area contributed by atoms with Crippen molar-refractivity contribution < 1.29 is 22.7 Å². The number of amides is 1. The van der Waals surface area contributed by atoms with Gasteiger partial charge in [0.2, 0.25) is 15.9 Å². The SMILES string of the molecule is COC(=O)c1ccccc1NC(=O)C(C)N(c1ccc(Cl)cc1)S(C)(=O)=O. The van der Waals surface area contributed by atoms with Gasteiger partial charge in [0.15, 0.2) is 0 Å². The minimum Gasteiger partial charge on any atom is -0.465 e. The molecule has 0 spiro atoms. The number of halogens is 1. The smallest absolute Gasteiger partial charge is 0.339 e. The Kier molecular flexibility index (Phi) is 6.45. The van der Waals surface area contributed by atoms with Crippen molar-refractivity contribution in [1.29, 1.82) is 0 Å². The largest absolute Gasteiger partial charge is 0.465 e. The predicted molar refractivity (Wildman–Crippen MR) is 105 cm³/mol. The number of carbonyl (C=O) groups is 2. The average molecular weight is 411 g/mol. The first kappa shape index (κ1) is 20.7. The molecule has 1 amide bonds. The fraction of sp³-hybridized carbons (Fsp3) is 0.222. The number of hydrogen-bond acceptors (Lipinski definition) is 5. The van der Waals surface area contributed by atoms with Gasteiger partial charge in [0, 0.05) is 5.02 Å². The van der Waals surface area contributed by atoms with E-state index in [9.17, 15) is 18.0 Å². The van der Waals surface area contributed by atoms with Gasteiger partial charge in [-0.05, 0) is 43.3 Å². The number of esters is 1. The molecule has 0 radical (unpaired) electrons. The lowest BCUT2D eigenvalue weighted by atomic mass is 10.1. The van der Waals surface area contributed by atoms with Crippen LogP contribution < -0.4 is 9.62 Å². The van der Waals surface area contributed by atoms with Gasteiger partial charge in [-0.3, -0.25) is 9.10 Å². The molecule has 0 bridgehead atoms. The Hall–Kier alpha value is -2.58. The molecule has 9 heteroatoms. The minimum atomic E-state index is -3.76. The van der Waals surface area contributed by atoms with E-state index in [0.717, 1.165) is 10.6 Å². The number of sulfonamides is 1. The highest BCUT2D eigenvalue weighted by Gasteiger charge is 2.29. The standard InChI is InChI=1S/C18H19ClN2O5S/c1-12(21(27(3,24)25)14-10-8-13(19)9-11-14)17(22)20-16-7-5-4-6-15(16)18(23)26-2/h4-12H,1-3H3,(H,20,22).